The van der Waals surface area contributed by atoms with Gasteiger partial charge in [0.05, 0.1) is 12.7 Å². The van der Waals surface area contributed by atoms with Gasteiger partial charge in [0, 0.05) is 0 Å². The SMILES string of the molecule is CC.COc1ccc(C(=O)Oc2ccc(C)cc2)cc1. The van der Waals surface area contributed by atoms with E-state index in [1.807, 2.05) is 32.9 Å². The van der Waals surface area contributed by atoms with Gasteiger partial charge in [0.15, 0.2) is 0 Å². The molecule has 0 radical (unpaired) electrons. The zero-order valence-electron chi connectivity index (χ0n) is 12.3. The normalized spacial score (nSPS) is 9.20. The number of carbonyl (C=O) groups is 1. The monoisotopic (exact) mass is 272 g/mol. The van der Waals surface area contributed by atoms with Crippen LogP contribution >= 0.6 is 0 Å². The van der Waals surface area contributed by atoms with Crippen LogP contribution in [0.25, 0.3) is 0 Å². The van der Waals surface area contributed by atoms with Crippen molar-refractivity contribution in [1.29, 1.82) is 0 Å². The smallest absolute Gasteiger partial charge is 0.343 e. The van der Waals surface area contributed by atoms with Crippen molar-refractivity contribution in [1.82, 2.24) is 0 Å². The third-order valence-electron chi connectivity index (χ3n) is 2.56. The van der Waals surface area contributed by atoms with E-state index in [1.54, 1.807) is 43.5 Å². The number of carbonyl (C=O) groups excluding carboxylic acids is 1. The van der Waals surface area contributed by atoms with Crippen LogP contribution in [0.2, 0.25) is 0 Å². The van der Waals surface area contributed by atoms with Crippen LogP contribution < -0.4 is 9.47 Å². The highest BCUT2D eigenvalue weighted by Crippen LogP contribution is 2.16. The second kappa shape index (κ2) is 8.00. The second-order valence-electron chi connectivity index (χ2n) is 3.93. The highest BCUT2D eigenvalue weighted by atomic mass is 16.5. The molecule has 0 N–H and O–H groups in total. The fourth-order valence-electron chi connectivity index (χ4n) is 1.50. The Labute approximate surface area is 120 Å². The molecule has 0 saturated heterocycles. The molecule has 0 amide bonds. The Hall–Kier alpha value is -2.29. The lowest BCUT2D eigenvalue weighted by Gasteiger charge is -2.05. The third-order valence-corrected chi connectivity index (χ3v) is 2.56. The van der Waals surface area contributed by atoms with E-state index in [0.29, 0.717) is 17.1 Å². The van der Waals surface area contributed by atoms with E-state index < -0.39 is 0 Å². The number of aryl methyl sites for hydroxylation is 1. The quantitative estimate of drug-likeness (QED) is 0.619. The number of rotatable bonds is 3. The van der Waals surface area contributed by atoms with E-state index in [1.165, 1.54) is 0 Å². The molecule has 106 valence electrons. The van der Waals surface area contributed by atoms with Crippen LogP contribution in [0.5, 0.6) is 11.5 Å². The molecule has 0 atom stereocenters. The van der Waals surface area contributed by atoms with Crippen molar-refractivity contribution in [3.8, 4) is 11.5 Å². The van der Waals surface area contributed by atoms with Gasteiger partial charge in [-0.15, -0.1) is 0 Å². The van der Waals surface area contributed by atoms with Crippen LogP contribution in [0.3, 0.4) is 0 Å². The molecule has 0 heterocycles. The molecule has 0 aliphatic rings. The van der Waals surface area contributed by atoms with E-state index in [0.717, 1.165) is 5.56 Å². The lowest BCUT2D eigenvalue weighted by molar-refractivity contribution is 0.0734. The molecule has 3 nitrogen and oxygen atoms in total. The van der Waals surface area contributed by atoms with Crippen molar-refractivity contribution in [3.63, 3.8) is 0 Å². The average Bonchev–Trinajstić information content (AvgIpc) is 2.51. The van der Waals surface area contributed by atoms with Gasteiger partial charge in [0.2, 0.25) is 0 Å². The summed E-state index contributed by atoms with van der Waals surface area (Å²) in [6, 6.07) is 14.2. The maximum absolute atomic E-state index is 11.8. The number of hydrogen-bond donors (Lipinski definition) is 0. The molecule has 0 fully saturated rings. The predicted molar refractivity (Wildman–Crippen MR) is 80.5 cm³/mol. The minimum atomic E-state index is -0.374. The summed E-state index contributed by atoms with van der Waals surface area (Å²) in [5, 5.41) is 0. The van der Waals surface area contributed by atoms with Gasteiger partial charge in [0.1, 0.15) is 11.5 Å². The molecular formula is C17H20O3. The number of ether oxygens (including phenoxy) is 2. The summed E-state index contributed by atoms with van der Waals surface area (Å²) in [4.78, 5) is 11.8. The molecule has 0 aliphatic carbocycles. The Balaban J connectivity index is 0.000000956. The van der Waals surface area contributed by atoms with Crippen molar-refractivity contribution in [2.45, 2.75) is 20.8 Å². The fourth-order valence-corrected chi connectivity index (χ4v) is 1.50. The van der Waals surface area contributed by atoms with Gasteiger partial charge in [-0.2, -0.15) is 0 Å². The van der Waals surface area contributed by atoms with Crippen LogP contribution in [0, 0.1) is 6.92 Å². The summed E-state index contributed by atoms with van der Waals surface area (Å²) >= 11 is 0. The molecule has 20 heavy (non-hydrogen) atoms. The summed E-state index contributed by atoms with van der Waals surface area (Å²) < 4.78 is 10.3. The summed E-state index contributed by atoms with van der Waals surface area (Å²) in [6.45, 7) is 5.98. The van der Waals surface area contributed by atoms with Gasteiger partial charge in [-0.25, -0.2) is 4.79 Å². The second-order valence-corrected chi connectivity index (χ2v) is 3.93. The molecule has 2 aromatic rings. The topological polar surface area (TPSA) is 35.5 Å². The van der Waals surface area contributed by atoms with Gasteiger partial charge < -0.3 is 9.47 Å². The molecule has 3 heteroatoms. The lowest BCUT2D eigenvalue weighted by atomic mass is 10.2. The van der Waals surface area contributed by atoms with Crippen molar-refractivity contribution in [2.24, 2.45) is 0 Å². The van der Waals surface area contributed by atoms with Crippen molar-refractivity contribution in [3.05, 3.63) is 59.7 Å². The maximum Gasteiger partial charge on any atom is 0.343 e. The van der Waals surface area contributed by atoms with Gasteiger partial charge >= 0.3 is 5.97 Å². The van der Waals surface area contributed by atoms with Gasteiger partial charge in [0.25, 0.3) is 0 Å². The maximum atomic E-state index is 11.8. The number of hydrogen-bond acceptors (Lipinski definition) is 3. The van der Waals surface area contributed by atoms with E-state index >= 15 is 0 Å². The molecule has 2 aromatic carbocycles. The number of methoxy groups -OCH3 is 1. The predicted octanol–water partition coefficient (Wildman–Crippen LogP) is 4.25. The first-order valence-corrected chi connectivity index (χ1v) is 6.62. The Morgan fingerprint density at radius 2 is 1.35 bits per heavy atom. The zero-order chi connectivity index (χ0) is 15.0. The summed E-state index contributed by atoms with van der Waals surface area (Å²) in [5.74, 6) is 0.879. The highest BCUT2D eigenvalue weighted by Gasteiger charge is 2.08. The van der Waals surface area contributed by atoms with Crippen LogP contribution in [0.4, 0.5) is 0 Å². The first kappa shape index (κ1) is 15.8. The minimum Gasteiger partial charge on any atom is -0.497 e. The number of benzene rings is 2. The van der Waals surface area contributed by atoms with E-state index in [2.05, 4.69) is 0 Å². The molecular weight excluding hydrogens is 252 g/mol. The van der Waals surface area contributed by atoms with Crippen LogP contribution in [0.1, 0.15) is 29.8 Å². The first-order valence-electron chi connectivity index (χ1n) is 6.62. The summed E-state index contributed by atoms with van der Waals surface area (Å²) in [5.41, 5.74) is 1.62. The lowest BCUT2D eigenvalue weighted by Crippen LogP contribution is -2.08. The molecule has 0 saturated carbocycles. The Bertz CT molecular complexity index is 527. The van der Waals surface area contributed by atoms with Gasteiger partial charge in [-0.3, -0.25) is 0 Å². The first-order chi connectivity index (χ1) is 9.69. The Kier molecular flexibility index (Phi) is 6.30. The minimum absolute atomic E-state index is 0.374. The van der Waals surface area contributed by atoms with Gasteiger partial charge in [-0.05, 0) is 43.3 Å². The standard InChI is InChI=1S/C15H14O3.C2H6/c1-11-3-7-14(8-4-11)18-15(16)12-5-9-13(17-2)10-6-12;1-2/h3-10H,1-2H3;1-2H3. The zero-order valence-corrected chi connectivity index (χ0v) is 12.3. The molecule has 2 rings (SSSR count). The van der Waals surface area contributed by atoms with E-state index in [-0.39, 0.29) is 5.97 Å². The van der Waals surface area contributed by atoms with Crippen molar-refractivity contribution >= 4 is 5.97 Å². The Morgan fingerprint density at radius 3 is 1.85 bits per heavy atom. The average molecular weight is 272 g/mol. The highest BCUT2D eigenvalue weighted by molar-refractivity contribution is 5.91. The number of esters is 1. The Morgan fingerprint density at radius 1 is 0.850 bits per heavy atom. The summed E-state index contributed by atoms with van der Waals surface area (Å²) in [6.07, 6.45) is 0. The van der Waals surface area contributed by atoms with Crippen molar-refractivity contribution in [2.75, 3.05) is 7.11 Å². The largest absolute Gasteiger partial charge is 0.497 e. The summed E-state index contributed by atoms with van der Waals surface area (Å²) in [7, 11) is 1.58. The molecule has 0 bridgehead atoms. The molecule has 0 aromatic heterocycles. The molecule has 0 aliphatic heterocycles. The van der Waals surface area contributed by atoms with E-state index in [9.17, 15) is 4.79 Å². The van der Waals surface area contributed by atoms with Crippen molar-refractivity contribution < 1.29 is 14.3 Å². The van der Waals surface area contributed by atoms with Crippen LogP contribution in [0.15, 0.2) is 48.5 Å². The fraction of sp³-hybridized carbons (Fsp3) is 0.235. The van der Waals surface area contributed by atoms with E-state index in [4.69, 9.17) is 9.47 Å². The molecule has 0 spiro atoms. The van der Waals surface area contributed by atoms with Crippen LogP contribution in [-0.2, 0) is 0 Å². The van der Waals surface area contributed by atoms with Crippen LogP contribution in [-0.4, -0.2) is 13.1 Å². The third kappa shape index (κ3) is 4.43. The molecule has 0 unspecified atom stereocenters. The van der Waals surface area contributed by atoms with Gasteiger partial charge in [-0.1, -0.05) is 31.5 Å².